The number of halogens is 1. The molecule has 0 radical (unpaired) electrons. The van der Waals surface area contributed by atoms with Crippen LogP contribution in [0.3, 0.4) is 0 Å². The number of nitrogens with one attached hydrogen (secondary N) is 2. The first-order chi connectivity index (χ1) is 13.4. The molecular weight excluding hydrogens is 422 g/mol. The molecule has 3 N–H and O–H groups in total. The summed E-state index contributed by atoms with van der Waals surface area (Å²) in [5, 5.41) is 3.74. The van der Waals surface area contributed by atoms with E-state index in [4.69, 9.17) is 14.0 Å². The lowest BCUT2D eigenvalue weighted by atomic mass is 10.1. The Morgan fingerprint density at radius 3 is 2.38 bits per heavy atom. The number of rotatable bonds is 8. The van der Waals surface area contributed by atoms with Crippen LogP contribution in [-0.2, 0) is 10.3 Å². The van der Waals surface area contributed by atoms with Gasteiger partial charge in [-0.05, 0) is 18.2 Å². The molecule has 0 amide bonds. The Kier molecular flexibility index (Phi) is 7.51. The van der Waals surface area contributed by atoms with Gasteiger partial charge in [0.15, 0.2) is 11.5 Å². The molecule has 0 spiro atoms. The number of aromatic nitrogens is 3. The van der Waals surface area contributed by atoms with Crippen LogP contribution in [0.4, 0.5) is 5.82 Å². The van der Waals surface area contributed by atoms with E-state index in [9.17, 15) is 8.42 Å². The van der Waals surface area contributed by atoms with E-state index in [1.165, 1.54) is 6.33 Å². The van der Waals surface area contributed by atoms with Gasteiger partial charge in [-0.1, -0.05) is 0 Å². The number of fused-ring (bicyclic) bond motifs is 1. The van der Waals surface area contributed by atoms with Crippen molar-refractivity contribution in [3.05, 3.63) is 36.8 Å². The van der Waals surface area contributed by atoms with Gasteiger partial charge in [-0.3, -0.25) is 4.55 Å². The molecular formula is C17H20ClN5O5S. The third-order valence-electron chi connectivity index (χ3n) is 3.89. The molecule has 0 unspecified atom stereocenters. The van der Waals surface area contributed by atoms with Crippen LogP contribution < -0.4 is 19.5 Å². The first-order valence-electron chi connectivity index (χ1n) is 8.20. The van der Waals surface area contributed by atoms with Crippen LogP contribution in [0.2, 0.25) is 0 Å². The van der Waals surface area contributed by atoms with E-state index in [0.717, 1.165) is 10.9 Å². The number of benzene rings is 1. The minimum Gasteiger partial charge on any atom is -0.493 e. The second-order valence-corrected chi connectivity index (χ2v) is 6.91. The van der Waals surface area contributed by atoms with Crippen molar-refractivity contribution in [2.75, 3.05) is 32.6 Å². The van der Waals surface area contributed by atoms with Gasteiger partial charge < -0.3 is 14.8 Å². The molecule has 1 aromatic carbocycles. The average molecular weight is 442 g/mol. The highest BCUT2D eigenvalue weighted by atomic mass is 35.5. The molecule has 0 fully saturated rings. The van der Waals surface area contributed by atoms with Gasteiger partial charge in [0.05, 0.1) is 25.4 Å². The van der Waals surface area contributed by atoms with Crippen molar-refractivity contribution in [3.63, 3.8) is 0 Å². The maximum atomic E-state index is 10.6. The zero-order chi connectivity index (χ0) is 20.1. The predicted octanol–water partition coefficient (Wildman–Crippen LogP) is 1.94. The van der Waals surface area contributed by atoms with Gasteiger partial charge in [0.1, 0.15) is 12.1 Å². The average Bonchev–Trinajstić information content (AvgIpc) is 2.69. The second kappa shape index (κ2) is 9.65. The maximum Gasteiger partial charge on any atom is 0.333 e. The van der Waals surface area contributed by atoms with E-state index < -0.39 is 10.3 Å². The lowest BCUT2D eigenvalue weighted by molar-refractivity contribution is 0.356. The smallest absolute Gasteiger partial charge is 0.333 e. The molecule has 156 valence electrons. The van der Waals surface area contributed by atoms with Gasteiger partial charge in [-0.25, -0.2) is 15.0 Å². The summed E-state index contributed by atoms with van der Waals surface area (Å²) in [6, 6.07) is 7.18. The highest BCUT2D eigenvalue weighted by molar-refractivity contribution is 7.83. The molecule has 0 saturated carbocycles. The molecule has 0 aliphatic heterocycles. The fraction of sp³-hybridized carbons (Fsp3) is 0.235. The molecule has 0 atom stereocenters. The lowest BCUT2D eigenvalue weighted by Crippen LogP contribution is -2.28. The van der Waals surface area contributed by atoms with E-state index >= 15 is 0 Å². The number of ether oxygens (including phenoxy) is 2. The van der Waals surface area contributed by atoms with E-state index in [1.54, 1.807) is 32.5 Å². The van der Waals surface area contributed by atoms with E-state index in [0.29, 0.717) is 28.5 Å². The Morgan fingerprint density at radius 1 is 1.03 bits per heavy atom. The molecule has 29 heavy (non-hydrogen) atoms. The standard InChI is InChI=1S/C17H19N5O5S.ClH/c1-26-14-7-12-13(8-15(14)27-2)20-10-21-17(12)11-3-4-16(19-9-11)18-5-6-22-28(23,24)25;/h3-4,7-10,22H,5-6H2,1-2H3,(H,18,19)(H,23,24,25);1H. The predicted molar refractivity (Wildman–Crippen MR) is 111 cm³/mol. The van der Waals surface area contributed by atoms with Gasteiger partial charge in [0, 0.05) is 36.3 Å². The summed E-state index contributed by atoms with van der Waals surface area (Å²) in [5.74, 6) is 1.71. The largest absolute Gasteiger partial charge is 0.493 e. The normalized spacial score (nSPS) is 11.0. The molecule has 2 heterocycles. The Bertz CT molecular complexity index is 1080. The van der Waals surface area contributed by atoms with Gasteiger partial charge in [-0.2, -0.15) is 13.1 Å². The van der Waals surface area contributed by atoms with E-state index in [1.807, 2.05) is 16.9 Å². The van der Waals surface area contributed by atoms with Crippen molar-refractivity contribution in [3.8, 4) is 22.8 Å². The zero-order valence-corrected chi connectivity index (χ0v) is 17.2. The van der Waals surface area contributed by atoms with Crippen LogP contribution in [0.1, 0.15) is 0 Å². The zero-order valence-electron chi connectivity index (χ0n) is 15.6. The third kappa shape index (κ3) is 5.64. The van der Waals surface area contributed by atoms with Crippen LogP contribution >= 0.6 is 12.4 Å². The summed E-state index contributed by atoms with van der Waals surface area (Å²) < 4.78 is 42.5. The number of pyridine rings is 1. The molecule has 0 saturated heterocycles. The lowest BCUT2D eigenvalue weighted by Gasteiger charge is -2.11. The van der Waals surface area contributed by atoms with Crippen LogP contribution in [0.25, 0.3) is 22.2 Å². The SMILES string of the molecule is COc1cc2ncnc(-c3ccc(NCCNS(=O)(=O)O)nc3)c2cc1OC.Cl. The second-order valence-electron chi connectivity index (χ2n) is 5.67. The molecule has 10 nitrogen and oxygen atoms in total. The molecule has 3 rings (SSSR count). The Balaban J connectivity index is 0.00000300. The first-order valence-corrected chi connectivity index (χ1v) is 9.64. The summed E-state index contributed by atoms with van der Waals surface area (Å²) in [5.41, 5.74) is 2.18. The molecule has 0 aliphatic carbocycles. The molecule has 0 aliphatic rings. The minimum absolute atomic E-state index is 0. The van der Waals surface area contributed by atoms with Gasteiger partial charge in [0.25, 0.3) is 0 Å². The fourth-order valence-electron chi connectivity index (χ4n) is 2.62. The number of hydrogen-bond donors (Lipinski definition) is 3. The van der Waals surface area contributed by atoms with Gasteiger partial charge in [-0.15, -0.1) is 12.4 Å². The quantitative estimate of drug-likeness (QED) is 0.353. The van der Waals surface area contributed by atoms with Crippen molar-refractivity contribution < 1.29 is 22.4 Å². The summed E-state index contributed by atoms with van der Waals surface area (Å²) in [7, 11) is -1.07. The summed E-state index contributed by atoms with van der Waals surface area (Å²) >= 11 is 0. The van der Waals surface area contributed by atoms with Crippen LogP contribution in [0.15, 0.2) is 36.8 Å². The van der Waals surface area contributed by atoms with E-state index in [2.05, 4.69) is 20.3 Å². The van der Waals surface area contributed by atoms with Crippen LogP contribution in [-0.4, -0.2) is 55.2 Å². The first kappa shape index (κ1) is 22.6. The monoisotopic (exact) mass is 441 g/mol. The Labute approximate surface area is 174 Å². The van der Waals surface area contributed by atoms with Crippen LogP contribution in [0.5, 0.6) is 11.5 Å². The van der Waals surface area contributed by atoms with Crippen molar-refractivity contribution in [2.45, 2.75) is 0 Å². The van der Waals surface area contributed by atoms with Crippen molar-refractivity contribution in [1.82, 2.24) is 19.7 Å². The van der Waals surface area contributed by atoms with Crippen LogP contribution in [0, 0.1) is 0 Å². The number of methoxy groups -OCH3 is 2. The van der Waals surface area contributed by atoms with Gasteiger partial charge in [0.2, 0.25) is 0 Å². The Morgan fingerprint density at radius 2 is 1.76 bits per heavy atom. The molecule has 0 bridgehead atoms. The number of nitrogens with zero attached hydrogens (tertiary/aromatic N) is 3. The molecule has 2 aromatic heterocycles. The minimum atomic E-state index is -4.20. The van der Waals surface area contributed by atoms with Gasteiger partial charge >= 0.3 is 10.3 Å². The molecule has 12 heteroatoms. The van der Waals surface area contributed by atoms with Crippen molar-refractivity contribution in [2.24, 2.45) is 0 Å². The third-order valence-corrected chi connectivity index (χ3v) is 4.46. The highest BCUT2D eigenvalue weighted by Gasteiger charge is 2.12. The van der Waals surface area contributed by atoms with E-state index in [-0.39, 0.29) is 25.5 Å². The van der Waals surface area contributed by atoms with Crippen molar-refractivity contribution in [1.29, 1.82) is 0 Å². The highest BCUT2D eigenvalue weighted by Crippen LogP contribution is 2.35. The topological polar surface area (TPSA) is 136 Å². The summed E-state index contributed by atoms with van der Waals surface area (Å²) in [6.45, 7) is 0.292. The fourth-order valence-corrected chi connectivity index (χ4v) is 2.98. The number of hydrogen-bond acceptors (Lipinski definition) is 8. The molecule has 3 aromatic rings. The summed E-state index contributed by atoms with van der Waals surface area (Å²) in [4.78, 5) is 13.0. The Hall–Kier alpha value is -2.73. The maximum absolute atomic E-state index is 10.6. The van der Waals surface area contributed by atoms with Crippen molar-refractivity contribution >= 4 is 39.4 Å². The number of anilines is 1. The summed E-state index contributed by atoms with van der Waals surface area (Å²) in [6.07, 6.45) is 3.12.